The van der Waals surface area contributed by atoms with E-state index >= 15 is 0 Å². The van der Waals surface area contributed by atoms with Crippen LogP contribution in [0, 0.1) is 0 Å². The molecule has 0 bridgehead atoms. The Kier molecular flexibility index (Phi) is 14.8. The molecule has 0 spiro atoms. The van der Waals surface area contributed by atoms with Crippen LogP contribution in [-0.2, 0) is 38.4 Å². The van der Waals surface area contributed by atoms with Crippen molar-refractivity contribution in [1.29, 1.82) is 0 Å². The standard InChI is InChI=1S/C41H51N11O6/c1-44-40(57)49-35(22-27-24-46-31-17-9-7-15-29(27)31)39(56)51-52(2)41(58)50-34(21-26-23-45-30-16-8-6-14-28(26)30)38(55)48-33(20-25-12-4-3-5-13-25)37(54)47-32(36(43)53)18-10-11-19-42/h3-9,12-17,23-24,32-35,45-46H,10-11,18-22,42H2,1-2H3,(H2,43,53)(H,47,54)(H,48,55)(H,50,58)(H,51,56)(H2,44,49,57)/t32-,33+,34-,35+/m0/s1. The lowest BCUT2D eigenvalue weighted by Crippen LogP contribution is -2.60. The molecular formula is C41H51N11O6. The molecular weight excluding hydrogens is 743 g/mol. The molecule has 0 radical (unpaired) electrons. The monoisotopic (exact) mass is 793 g/mol. The number of fused-ring (bicyclic) bond motifs is 2. The fourth-order valence-corrected chi connectivity index (χ4v) is 6.61. The van der Waals surface area contributed by atoms with Gasteiger partial charge in [0.2, 0.25) is 17.7 Å². The summed E-state index contributed by atoms with van der Waals surface area (Å²) in [4.78, 5) is 86.6. The maximum Gasteiger partial charge on any atom is 0.336 e. The van der Waals surface area contributed by atoms with Gasteiger partial charge in [0.25, 0.3) is 5.91 Å². The maximum atomic E-state index is 14.3. The van der Waals surface area contributed by atoms with Crippen molar-refractivity contribution in [1.82, 2.24) is 47.0 Å². The van der Waals surface area contributed by atoms with Gasteiger partial charge in [-0.15, -0.1) is 0 Å². The molecule has 0 saturated heterocycles. The summed E-state index contributed by atoms with van der Waals surface area (Å²) < 4.78 is 0. The van der Waals surface area contributed by atoms with E-state index in [9.17, 15) is 28.8 Å². The second kappa shape index (κ2) is 20.3. The molecule has 4 atom stereocenters. The highest BCUT2D eigenvalue weighted by Gasteiger charge is 2.31. The second-order valence-electron chi connectivity index (χ2n) is 13.9. The molecule has 0 aliphatic rings. The molecule has 0 aliphatic carbocycles. The number of benzene rings is 3. The number of primary amides is 1. The molecule has 12 N–H and O–H groups in total. The molecule has 3 aromatic carbocycles. The van der Waals surface area contributed by atoms with Gasteiger partial charge in [0.1, 0.15) is 24.2 Å². The highest BCUT2D eigenvalue weighted by atomic mass is 16.2. The molecule has 17 heteroatoms. The Labute approximate surface area is 335 Å². The van der Waals surface area contributed by atoms with Gasteiger partial charge in [-0.25, -0.2) is 14.6 Å². The summed E-state index contributed by atoms with van der Waals surface area (Å²) in [6.45, 7) is 0.410. The molecule has 8 amide bonds. The topological polar surface area (TPSA) is 261 Å². The zero-order valence-electron chi connectivity index (χ0n) is 32.5. The van der Waals surface area contributed by atoms with Crippen LogP contribution in [0.25, 0.3) is 21.8 Å². The fourth-order valence-electron chi connectivity index (χ4n) is 6.61. The zero-order chi connectivity index (χ0) is 41.6. The normalized spacial score (nSPS) is 13.1. The number of nitrogens with zero attached hydrogens (tertiary/aromatic N) is 1. The number of carbonyl (C=O) groups excluding carboxylic acids is 6. The molecule has 17 nitrogen and oxygen atoms in total. The lowest BCUT2D eigenvalue weighted by molar-refractivity contribution is -0.132. The number of para-hydroxylation sites is 2. The van der Waals surface area contributed by atoms with Gasteiger partial charge >= 0.3 is 12.1 Å². The quantitative estimate of drug-likeness (QED) is 0.0463. The van der Waals surface area contributed by atoms with Crippen LogP contribution in [0.2, 0.25) is 0 Å². The summed E-state index contributed by atoms with van der Waals surface area (Å²) in [5.74, 6) is -2.76. The van der Waals surface area contributed by atoms with E-state index in [-0.39, 0.29) is 25.7 Å². The Hall–Kier alpha value is -6.88. The first-order valence-electron chi connectivity index (χ1n) is 19.0. The van der Waals surface area contributed by atoms with Gasteiger partial charge in [-0.2, -0.15) is 0 Å². The average Bonchev–Trinajstić information content (AvgIpc) is 3.83. The average molecular weight is 794 g/mol. The van der Waals surface area contributed by atoms with Crippen molar-refractivity contribution in [2.45, 2.75) is 62.7 Å². The van der Waals surface area contributed by atoms with Crippen molar-refractivity contribution in [3.63, 3.8) is 0 Å². The number of nitrogens with two attached hydrogens (primary N) is 2. The highest BCUT2D eigenvalue weighted by Crippen LogP contribution is 2.21. The third-order valence-corrected chi connectivity index (χ3v) is 9.77. The Bertz CT molecular complexity index is 2200. The van der Waals surface area contributed by atoms with E-state index in [0.29, 0.717) is 24.9 Å². The van der Waals surface area contributed by atoms with Crippen molar-refractivity contribution in [2.75, 3.05) is 20.6 Å². The first-order valence-corrected chi connectivity index (χ1v) is 19.0. The molecule has 0 fully saturated rings. The number of hydrazine groups is 1. The summed E-state index contributed by atoms with van der Waals surface area (Å²) in [6, 6.07) is 18.0. The third kappa shape index (κ3) is 11.3. The summed E-state index contributed by atoms with van der Waals surface area (Å²) in [6.07, 6.45) is 5.08. The van der Waals surface area contributed by atoms with E-state index in [1.807, 2.05) is 54.6 Å². The minimum atomic E-state index is -1.26. The number of aromatic amines is 2. The van der Waals surface area contributed by atoms with Crippen LogP contribution < -0.4 is 43.5 Å². The van der Waals surface area contributed by atoms with Crippen LogP contribution >= 0.6 is 0 Å². The van der Waals surface area contributed by atoms with Gasteiger partial charge in [0.15, 0.2) is 0 Å². The minimum absolute atomic E-state index is 0.00648. The summed E-state index contributed by atoms with van der Waals surface area (Å²) in [5.41, 5.74) is 17.6. The van der Waals surface area contributed by atoms with Gasteiger partial charge in [0, 0.05) is 67.6 Å². The number of hydrogen-bond acceptors (Lipinski definition) is 7. The molecule has 2 aromatic heterocycles. The Morgan fingerprint density at radius 3 is 1.71 bits per heavy atom. The van der Waals surface area contributed by atoms with Crippen LogP contribution in [-0.4, -0.2) is 95.5 Å². The van der Waals surface area contributed by atoms with E-state index < -0.39 is 59.9 Å². The molecule has 5 rings (SSSR count). The van der Waals surface area contributed by atoms with Crippen LogP contribution in [0.3, 0.4) is 0 Å². The van der Waals surface area contributed by atoms with Crippen LogP contribution in [0.5, 0.6) is 0 Å². The van der Waals surface area contributed by atoms with Crippen LogP contribution in [0.1, 0.15) is 36.0 Å². The first-order chi connectivity index (χ1) is 28.0. The molecule has 5 aromatic rings. The number of H-pyrrole nitrogens is 2. The Morgan fingerprint density at radius 2 is 1.16 bits per heavy atom. The molecule has 0 aliphatic heterocycles. The van der Waals surface area contributed by atoms with Gasteiger partial charge in [-0.05, 0) is 54.6 Å². The van der Waals surface area contributed by atoms with Gasteiger partial charge in [-0.3, -0.25) is 24.6 Å². The molecule has 58 heavy (non-hydrogen) atoms. The van der Waals surface area contributed by atoms with E-state index in [0.717, 1.165) is 37.9 Å². The van der Waals surface area contributed by atoms with Gasteiger partial charge in [-0.1, -0.05) is 66.7 Å². The van der Waals surface area contributed by atoms with Crippen molar-refractivity contribution < 1.29 is 28.8 Å². The summed E-state index contributed by atoms with van der Waals surface area (Å²) in [5, 5.41) is 15.8. The van der Waals surface area contributed by atoms with Crippen molar-refractivity contribution in [3.05, 3.63) is 108 Å². The number of unbranched alkanes of at least 4 members (excludes halogenated alkanes) is 1. The lowest BCUT2D eigenvalue weighted by atomic mass is 10.0. The van der Waals surface area contributed by atoms with Gasteiger partial charge < -0.3 is 48.0 Å². The van der Waals surface area contributed by atoms with E-state index in [1.165, 1.54) is 14.1 Å². The SMILES string of the molecule is CNC(=O)N[C@H](Cc1c[nH]c2ccccc12)C(=O)NN(C)C(=O)N[C@@H](Cc1c[nH]c2ccccc12)C(=O)N[C@H](Cc1ccccc1)C(=O)N[C@@H](CCCCN)C(N)=O. The van der Waals surface area contributed by atoms with E-state index in [4.69, 9.17) is 11.5 Å². The van der Waals surface area contributed by atoms with Gasteiger partial charge in [0.05, 0.1) is 0 Å². The number of carbonyl (C=O) groups is 6. The fraction of sp³-hybridized carbons (Fsp3) is 0.317. The Balaban J connectivity index is 1.36. The number of amides is 8. The number of nitrogens with one attached hydrogen (secondary N) is 8. The number of hydrogen-bond donors (Lipinski definition) is 10. The van der Waals surface area contributed by atoms with Crippen LogP contribution in [0.4, 0.5) is 9.59 Å². The number of rotatable bonds is 18. The van der Waals surface area contributed by atoms with Crippen molar-refractivity contribution in [2.24, 2.45) is 11.5 Å². The molecule has 0 saturated carbocycles. The van der Waals surface area contributed by atoms with Crippen LogP contribution in [0.15, 0.2) is 91.3 Å². The summed E-state index contributed by atoms with van der Waals surface area (Å²) in [7, 11) is 2.72. The number of aromatic nitrogens is 2. The predicted octanol–water partition coefficient (Wildman–Crippen LogP) is 1.60. The minimum Gasteiger partial charge on any atom is -0.368 e. The van der Waals surface area contributed by atoms with E-state index in [1.54, 1.807) is 36.7 Å². The molecule has 0 unspecified atom stereocenters. The zero-order valence-corrected chi connectivity index (χ0v) is 32.5. The highest BCUT2D eigenvalue weighted by molar-refractivity contribution is 5.95. The molecule has 306 valence electrons. The first kappa shape index (κ1) is 42.3. The predicted molar refractivity (Wildman–Crippen MR) is 220 cm³/mol. The second-order valence-corrected chi connectivity index (χ2v) is 13.9. The smallest absolute Gasteiger partial charge is 0.336 e. The van der Waals surface area contributed by atoms with E-state index in [2.05, 4.69) is 42.0 Å². The number of urea groups is 2. The summed E-state index contributed by atoms with van der Waals surface area (Å²) >= 11 is 0. The maximum absolute atomic E-state index is 14.3. The van der Waals surface area contributed by atoms with Crippen molar-refractivity contribution >= 4 is 57.5 Å². The largest absolute Gasteiger partial charge is 0.368 e. The third-order valence-electron chi connectivity index (χ3n) is 9.77. The van der Waals surface area contributed by atoms with Crippen molar-refractivity contribution in [3.8, 4) is 0 Å². The lowest BCUT2D eigenvalue weighted by Gasteiger charge is -2.27. The molecule has 2 heterocycles. The Morgan fingerprint density at radius 1 is 0.638 bits per heavy atom.